The monoisotopic (exact) mass is 214 g/mol. The third-order valence-electron chi connectivity index (χ3n) is 2.74. The minimum absolute atomic E-state index is 0.185. The van der Waals surface area contributed by atoms with E-state index in [1.165, 1.54) is 6.42 Å². The lowest BCUT2D eigenvalue weighted by molar-refractivity contribution is -0.119. The lowest BCUT2D eigenvalue weighted by atomic mass is 10.2. The molecular weight excluding hydrogens is 192 g/mol. The number of aliphatic hydroxyl groups is 1. The second-order valence-corrected chi connectivity index (χ2v) is 4.15. The molecule has 0 aliphatic carbocycles. The van der Waals surface area contributed by atoms with Crippen molar-refractivity contribution >= 4 is 5.91 Å². The zero-order valence-corrected chi connectivity index (χ0v) is 9.30. The number of amides is 1. The van der Waals surface area contributed by atoms with E-state index >= 15 is 0 Å². The van der Waals surface area contributed by atoms with E-state index < -0.39 is 0 Å². The zero-order chi connectivity index (χ0) is 10.9. The van der Waals surface area contributed by atoms with Crippen LogP contribution in [0.4, 0.5) is 0 Å². The molecule has 0 aromatic heterocycles. The lowest BCUT2D eigenvalue weighted by Crippen LogP contribution is -2.35. The third kappa shape index (κ3) is 5.74. The van der Waals surface area contributed by atoms with Crippen LogP contribution < -0.4 is 10.6 Å². The molecule has 1 rings (SSSR count). The van der Waals surface area contributed by atoms with Gasteiger partial charge >= 0.3 is 0 Å². The van der Waals surface area contributed by atoms with Crippen LogP contribution in [-0.2, 0) is 4.79 Å². The first-order valence-electron chi connectivity index (χ1n) is 5.94. The molecular formula is C11H22N2O2. The molecule has 1 aliphatic rings. The molecule has 1 amide bonds. The van der Waals surface area contributed by atoms with Gasteiger partial charge in [-0.2, -0.15) is 0 Å². The van der Waals surface area contributed by atoms with Gasteiger partial charge < -0.3 is 15.7 Å². The van der Waals surface area contributed by atoms with Crippen LogP contribution in [0.3, 0.4) is 0 Å². The molecule has 1 unspecified atom stereocenters. The van der Waals surface area contributed by atoms with Gasteiger partial charge in [-0.1, -0.05) is 12.8 Å². The smallest absolute Gasteiger partial charge is 0.220 e. The Kier molecular flexibility index (Phi) is 6.36. The van der Waals surface area contributed by atoms with Gasteiger partial charge in [0.25, 0.3) is 0 Å². The van der Waals surface area contributed by atoms with Crippen molar-refractivity contribution in [1.82, 2.24) is 10.6 Å². The van der Waals surface area contributed by atoms with Crippen LogP contribution in [0.25, 0.3) is 0 Å². The van der Waals surface area contributed by atoms with Crippen LogP contribution in [0.5, 0.6) is 0 Å². The Morgan fingerprint density at radius 1 is 1.33 bits per heavy atom. The maximum atomic E-state index is 10.9. The minimum Gasteiger partial charge on any atom is -0.396 e. The largest absolute Gasteiger partial charge is 0.396 e. The SMILES string of the molecule is O=C1CCC(CNCCCCCCO)N1. The molecule has 4 heteroatoms. The molecule has 88 valence electrons. The summed E-state index contributed by atoms with van der Waals surface area (Å²) < 4.78 is 0. The van der Waals surface area contributed by atoms with Crippen LogP contribution >= 0.6 is 0 Å². The fourth-order valence-electron chi connectivity index (χ4n) is 1.82. The Morgan fingerprint density at radius 2 is 2.13 bits per heavy atom. The van der Waals surface area contributed by atoms with Gasteiger partial charge in [0.2, 0.25) is 5.91 Å². The lowest BCUT2D eigenvalue weighted by Gasteiger charge is -2.10. The predicted octanol–water partition coefficient (Wildman–Crippen LogP) is 0.407. The van der Waals surface area contributed by atoms with Crippen LogP contribution in [0, 0.1) is 0 Å². The van der Waals surface area contributed by atoms with Gasteiger partial charge in [0, 0.05) is 25.6 Å². The Balaban J connectivity index is 1.83. The van der Waals surface area contributed by atoms with E-state index in [1.54, 1.807) is 0 Å². The first-order chi connectivity index (χ1) is 7.33. The molecule has 0 saturated carbocycles. The highest BCUT2D eigenvalue weighted by atomic mass is 16.2. The molecule has 0 spiro atoms. The first kappa shape index (κ1) is 12.5. The number of aliphatic hydroxyl groups excluding tert-OH is 1. The van der Waals surface area contributed by atoms with E-state index in [1.807, 2.05) is 0 Å². The molecule has 1 atom stereocenters. The Morgan fingerprint density at radius 3 is 2.80 bits per heavy atom. The Bertz CT molecular complexity index is 185. The van der Waals surface area contributed by atoms with Crippen molar-refractivity contribution in [2.24, 2.45) is 0 Å². The van der Waals surface area contributed by atoms with Crippen molar-refractivity contribution in [2.45, 2.75) is 44.6 Å². The molecule has 4 nitrogen and oxygen atoms in total. The predicted molar refractivity (Wildman–Crippen MR) is 59.6 cm³/mol. The topological polar surface area (TPSA) is 61.4 Å². The van der Waals surface area contributed by atoms with E-state index in [-0.39, 0.29) is 5.91 Å². The summed E-state index contributed by atoms with van der Waals surface area (Å²) in [7, 11) is 0. The highest BCUT2D eigenvalue weighted by Gasteiger charge is 2.19. The molecule has 1 heterocycles. The van der Waals surface area contributed by atoms with Gasteiger partial charge in [-0.15, -0.1) is 0 Å². The van der Waals surface area contributed by atoms with Crippen LogP contribution in [0.15, 0.2) is 0 Å². The van der Waals surface area contributed by atoms with E-state index in [9.17, 15) is 4.79 Å². The number of hydrogen-bond acceptors (Lipinski definition) is 3. The second kappa shape index (κ2) is 7.65. The molecule has 0 aromatic carbocycles. The molecule has 0 bridgehead atoms. The average Bonchev–Trinajstić information content (AvgIpc) is 2.63. The maximum absolute atomic E-state index is 10.9. The van der Waals surface area contributed by atoms with Crippen molar-refractivity contribution in [1.29, 1.82) is 0 Å². The normalized spacial score (nSPS) is 20.6. The van der Waals surface area contributed by atoms with Gasteiger partial charge in [-0.05, 0) is 25.8 Å². The number of hydrogen-bond donors (Lipinski definition) is 3. The Labute approximate surface area is 91.4 Å². The van der Waals surface area contributed by atoms with Crippen molar-refractivity contribution in [3.8, 4) is 0 Å². The standard InChI is InChI=1S/C11H22N2O2/c14-8-4-2-1-3-7-12-9-10-5-6-11(15)13-10/h10,12,14H,1-9H2,(H,13,15). The zero-order valence-electron chi connectivity index (χ0n) is 9.30. The summed E-state index contributed by atoms with van der Waals surface area (Å²) in [6.45, 7) is 2.21. The molecule has 1 saturated heterocycles. The first-order valence-corrected chi connectivity index (χ1v) is 5.94. The summed E-state index contributed by atoms with van der Waals surface area (Å²) in [5.41, 5.74) is 0. The van der Waals surface area contributed by atoms with Crippen molar-refractivity contribution < 1.29 is 9.90 Å². The number of nitrogens with one attached hydrogen (secondary N) is 2. The highest BCUT2D eigenvalue weighted by molar-refractivity contribution is 5.78. The van der Waals surface area contributed by atoms with Crippen molar-refractivity contribution in [3.63, 3.8) is 0 Å². The van der Waals surface area contributed by atoms with E-state index in [2.05, 4.69) is 10.6 Å². The van der Waals surface area contributed by atoms with Gasteiger partial charge in [0.1, 0.15) is 0 Å². The summed E-state index contributed by atoms with van der Waals surface area (Å²) >= 11 is 0. The molecule has 1 aliphatic heterocycles. The summed E-state index contributed by atoms with van der Waals surface area (Å²) in [6.07, 6.45) is 6.00. The number of rotatable bonds is 8. The van der Waals surface area contributed by atoms with Gasteiger partial charge in [-0.25, -0.2) is 0 Å². The van der Waals surface area contributed by atoms with Crippen molar-refractivity contribution in [2.75, 3.05) is 19.7 Å². The highest BCUT2D eigenvalue weighted by Crippen LogP contribution is 2.05. The number of carbonyl (C=O) groups is 1. The quantitative estimate of drug-likeness (QED) is 0.513. The molecule has 15 heavy (non-hydrogen) atoms. The van der Waals surface area contributed by atoms with Gasteiger partial charge in [0.15, 0.2) is 0 Å². The van der Waals surface area contributed by atoms with Gasteiger partial charge in [0.05, 0.1) is 0 Å². The molecule has 0 aromatic rings. The third-order valence-corrected chi connectivity index (χ3v) is 2.74. The maximum Gasteiger partial charge on any atom is 0.220 e. The fourth-order valence-corrected chi connectivity index (χ4v) is 1.82. The molecule has 0 radical (unpaired) electrons. The van der Waals surface area contributed by atoms with Gasteiger partial charge in [-0.3, -0.25) is 4.79 Å². The van der Waals surface area contributed by atoms with Crippen LogP contribution in [-0.4, -0.2) is 36.8 Å². The number of unbranched alkanes of at least 4 members (excludes halogenated alkanes) is 3. The fraction of sp³-hybridized carbons (Fsp3) is 0.909. The van der Waals surface area contributed by atoms with Crippen molar-refractivity contribution in [3.05, 3.63) is 0 Å². The molecule has 3 N–H and O–H groups in total. The van der Waals surface area contributed by atoms with E-state index in [4.69, 9.17) is 5.11 Å². The summed E-state index contributed by atoms with van der Waals surface area (Å²) in [4.78, 5) is 10.9. The van der Waals surface area contributed by atoms with E-state index in [0.717, 1.165) is 38.8 Å². The second-order valence-electron chi connectivity index (χ2n) is 4.15. The van der Waals surface area contributed by atoms with E-state index in [0.29, 0.717) is 19.1 Å². The molecule has 1 fully saturated rings. The number of carbonyl (C=O) groups excluding carboxylic acids is 1. The summed E-state index contributed by atoms with van der Waals surface area (Å²) in [6, 6.07) is 0.343. The minimum atomic E-state index is 0.185. The summed E-state index contributed by atoms with van der Waals surface area (Å²) in [5.74, 6) is 0.185. The summed E-state index contributed by atoms with van der Waals surface area (Å²) in [5, 5.41) is 14.9. The average molecular weight is 214 g/mol. The van der Waals surface area contributed by atoms with Crippen LogP contribution in [0.2, 0.25) is 0 Å². The Hall–Kier alpha value is -0.610. The van der Waals surface area contributed by atoms with Crippen LogP contribution in [0.1, 0.15) is 38.5 Å².